The number of aromatic hydroxyl groups is 1. The molecule has 1 aromatic heterocycles. The molecule has 0 saturated carbocycles. The van der Waals surface area contributed by atoms with Gasteiger partial charge in [-0.2, -0.15) is 0 Å². The third-order valence-corrected chi connectivity index (χ3v) is 3.29. The number of halogens is 1. The molecule has 3 N–H and O–H groups in total. The summed E-state index contributed by atoms with van der Waals surface area (Å²) in [6.45, 7) is 2.64. The Morgan fingerprint density at radius 3 is 2.75 bits per heavy atom. The lowest BCUT2D eigenvalue weighted by Gasteiger charge is -2.08. The van der Waals surface area contributed by atoms with Crippen molar-refractivity contribution in [2.24, 2.45) is 0 Å². The van der Waals surface area contributed by atoms with Gasteiger partial charge in [0.1, 0.15) is 17.4 Å². The van der Waals surface area contributed by atoms with E-state index in [4.69, 9.17) is 5.73 Å². The maximum Gasteiger partial charge on any atom is 0.144 e. The minimum Gasteiger partial charge on any atom is -0.507 e. The van der Waals surface area contributed by atoms with Gasteiger partial charge in [0.05, 0.1) is 16.6 Å². The normalized spacial score (nSPS) is 11.1. The topological polar surface area (TPSA) is 64.1 Å². The summed E-state index contributed by atoms with van der Waals surface area (Å²) in [5.74, 6) is 0.340. The van der Waals surface area contributed by atoms with E-state index in [0.29, 0.717) is 29.1 Å². The molecule has 0 fully saturated rings. The second-order valence-corrected chi connectivity index (χ2v) is 4.59. The quantitative estimate of drug-likeness (QED) is 0.704. The van der Waals surface area contributed by atoms with E-state index in [0.717, 1.165) is 5.52 Å². The number of anilines is 1. The van der Waals surface area contributed by atoms with Crippen LogP contribution < -0.4 is 5.73 Å². The second-order valence-electron chi connectivity index (χ2n) is 4.59. The van der Waals surface area contributed by atoms with Crippen molar-refractivity contribution in [2.75, 3.05) is 5.73 Å². The Labute approximate surface area is 115 Å². The first-order chi connectivity index (χ1) is 9.60. The second kappa shape index (κ2) is 4.52. The molecular weight excluding hydrogens is 257 g/mol. The molecule has 4 nitrogen and oxygen atoms in total. The molecule has 0 atom stereocenters. The molecule has 102 valence electrons. The maximum absolute atomic E-state index is 13.3. The molecule has 3 rings (SSSR count). The van der Waals surface area contributed by atoms with Crippen LogP contribution in [0.15, 0.2) is 36.4 Å². The van der Waals surface area contributed by atoms with Crippen LogP contribution in [0.25, 0.3) is 22.4 Å². The molecular formula is C15H14FN3O. The number of phenolic OH excluding ortho intramolecular Hbond substituents is 1. The highest BCUT2D eigenvalue weighted by atomic mass is 19.1. The third-order valence-electron chi connectivity index (χ3n) is 3.29. The third kappa shape index (κ3) is 1.87. The SMILES string of the molecule is CCn1c(-c2ccc(N)cc2O)nc2cc(F)ccc21. The number of hydrogen-bond acceptors (Lipinski definition) is 3. The number of benzene rings is 2. The lowest BCUT2D eigenvalue weighted by Crippen LogP contribution is -1.98. The first-order valence-corrected chi connectivity index (χ1v) is 6.35. The zero-order valence-electron chi connectivity index (χ0n) is 11.0. The van der Waals surface area contributed by atoms with Crippen LogP contribution in [-0.2, 0) is 6.54 Å². The van der Waals surface area contributed by atoms with Crippen LogP contribution in [0.3, 0.4) is 0 Å². The maximum atomic E-state index is 13.3. The number of phenols is 1. The van der Waals surface area contributed by atoms with Crippen LogP contribution in [0.4, 0.5) is 10.1 Å². The van der Waals surface area contributed by atoms with Crippen molar-refractivity contribution in [3.05, 3.63) is 42.2 Å². The zero-order chi connectivity index (χ0) is 14.3. The van der Waals surface area contributed by atoms with Crippen molar-refractivity contribution < 1.29 is 9.50 Å². The fourth-order valence-electron chi connectivity index (χ4n) is 2.37. The Morgan fingerprint density at radius 2 is 2.05 bits per heavy atom. The summed E-state index contributed by atoms with van der Waals surface area (Å²) < 4.78 is 15.2. The first kappa shape index (κ1) is 12.5. The number of nitrogen functional groups attached to an aromatic ring is 1. The van der Waals surface area contributed by atoms with E-state index in [2.05, 4.69) is 4.98 Å². The van der Waals surface area contributed by atoms with E-state index in [-0.39, 0.29) is 11.6 Å². The standard InChI is InChI=1S/C15H14FN3O/c1-2-19-13-6-3-9(16)7-12(13)18-15(19)11-5-4-10(17)8-14(11)20/h3-8,20H,2,17H2,1H3. The van der Waals surface area contributed by atoms with E-state index >= 15 is 0 Å². The van der Waals surface area contributed by atoms with Crippen molar-refractivity contribution >= 4 is 16.7 Å². The fourth-order valence-corrected chi connectivity index (χ4v) is 2.37. The van der Waals surface area contributed by atoms with E-state index in [1.54, 1.807) is 18.2 Å². The number of nitrogens with zero attached hydrogens (tertiary/aromatic N) is 2. The molecule has 0 aliphatic heterocycles. The van der Waals surface area contributed by atoms with Crippen molar-refractivity contribution in [2.45, 2.75) is 13.5 Å². The summed E-state index contributed by atoms with van der Waals surface area (Å²) in [6.07, 6.45) is 0. The summed E-state index contributed by atoms with van der Waals surface area (Å²) in [5, 5.41) is 10.0. The Morgan fingerprint density at radius 1 is 1.25 bits per heavy atom. The molecule has 2 aromatic carbocycles. The van der Waals surface area contributed by atoms with Gasteiger partial charge in [0, 0.05) is 24.4 Å². The largest absolute Gasteiger partial charge is 0.507 e. The highest BCUT2D eigenvalue weighted by Gasteiger charge is 2.15. The Kier molecular flexibility index (Phi) is 2.82. The van der Waals surface area contributed by atoms with Gasteiger partial charge in [-0.1, -0.05) is 0 Å². The van der Waals surface area contributed by atoms with Gasteiger partial charge in [-0.3, -0.25) is 0 Å². The van der Waals surface area contributed by atoms with Crippen molar-refractivity contribution in [1.29, 1.82) is 0 Å². The molecule has 5 heteroatoms. The minimum absolute atomic E-state index is 0.0653. The number of nitrogens with two attached hydrogens (primary N) is 1. The predicted octanol–water partition coefficient (Wildman–Crippen LogP) is 3.15. The molecule has 0 amide bonds. The van der Waals surface area contributed by atoms with Crippen LogP contribution >= 0.6 is 0 Å². The summed E-state index contributed by atoms with van der Waals surface area (Å²) in [7, 11) is 0. The molecule has 0 bridgehead atoms. The average molecular weight is 271 g/mol. The zero-order valence-corrected chi connectivity index (χ0v) is 11.0. The molecule has 3 aromatic rings. The van der Waals surface area contributed by atoms with Gasteiger partial charge in [0.2, 0.25) is 0 Å². The van der Waals surface area contributed by atoms with Gasteiger partial charge in [0.25, 0.3) is 0 Å². The Balaban J connectivity index is 2.30. The highest BCUT2D eigenvalue weighted by Crippen LogP contribution is 2.32. The fraction of sp³-hybridized carbons (Fsp3) is 0.133. The van der Waals surface area contributed by atoms with Gasteiger partial charge in [-0.15, -0.1) is 0 Å². The Bertz CT molecular complexity index is 795. The first-order valence-electron chi connectivity index (χ1n) is 6.35. The van der Waals surface area contributed by atoms with Gasteiger partial charge < -0.3 is 15.4 Å². The highest BCUT2D eigenvalue weighted by molar-refractivity contribution is 5.82. The number of aromatic nitrogens is 2. The summed E-state index contributed by atoms with van der Waals surface area (Å²) in [4.78, 5) is 4.43. The van der Waals surface area contributed by atoms with Gasteiger partial charge in [-0.05, 0) is 31.2 Å². The van der Waals surface area contributed by atoms with Crippen LogP contribution in [0.1, 0.15) is 6.92 Å². The number of aryl methyl sites for hydroxylation is 1. The summed E-state index contributed by atoms with van der Waals surface area (Å²) in [6, 6.07) is 9.39. The number of rotatable bonds is 2. The van der Waals surface area contributed by atoms with Crippen LogP contribution in [-0.4, -0.2) is 14.7 Å². The van der Waals surface area contributed by atoms with E-state index in [1.165, 1.54) is 18.2 Å². The summed E-state index contributed by atoms with van der Waals surface area (Å²) >= 11 is 0. The van der Waals surface area contributed by atoms with Gasteiger partial charge in [0.15, 0.2) is 0 Å². The summed E-state index contributed by atoms with van der Waals surface area (Å²) in [5.41, 5.74) is 8.10. The number of imidazole rings is 1. The van der Waals surface area contributed by atoms with E-state index in [9.17, 15) is 9.50 Å². The lowest BCUT2D eigenvalue weighted by atomic mass is 10.1. The number of fused-ring (bicyclic) bond motifs is 1. The van der Waals surface area contributed by atoms with Crippen molar-refractivity contribution in [3.63, 3.8) is 0 Å². The molecule has 0 unspecified atom stereocenters. The van der Waals surface area contributed by atoms with Gasteiger partial charge >= 0.3 is 0 Å². The molecule has 0 spiro atoms. The van der Waals surface area contributed by atoms with Crippen molar-refractivity contribution in [1.82, 2.24) is 9.55 Å². The molecule has 0 saturated heterocycles. The molecule has 20 heavy (non-hydrogen) atoms. The Hall–Kier alpha value is -2.56. The minimum atomic E-state index is -0.327. The van der Waals surface area contributed by atoms with Gasteiger partial charge in [-0.25, -0.2) is 9.37 Å². The van der Waals surface area contributed by atoms with E-state index < -0.39 is 0 Å². The molecule has 1 heterocycles. The molecule has 0 aliphatic carbocycles. The van der Waals surface area contributed by atoms with Crippen LogP contribution in [0.2, 0.25) is 0 Å². The van der Waals surface area contributed by atoms with Crippen LogP contribution in [0.5, 0.6) is 5.75 Å². The van der Waals surface area contributed by atoms with E-state index in [1.807, 2.05) is 11.5 Å². The smallest absolute Gasteiger partial charge is 0.144 e. The monoisotopic (exact) mass is 271 g/mol. The molecule has 0 radical (unpaired) electrons. The molecule has 0 aliphatic rings. The lowest BCUT2D eigenvalue weighted by molar-refractivity contribution is 0.477. The number of hydrogen-bond donors (Lipinski definition) is 2. The predicted molar refractivity (Wildman–Crippen MR) is 76.9 cm³/mol. The van der Waals surface area contributed by atoms with Crippen LogP contribution in [0, 0.1) is 5.82 Å². The average Bonchev–Trinajstić information content (AvgIpc) is 2.75. The van der Waals surface area contributed by atoms with Crippen molar-refractivity contribution in [3.8, 4) is 17.1 Å².